The predicted molar refractivity (Wildman–Crippen MR) is 53.7 cm³/mol. The van der Waals surface area contributed by atoms with Crippen LogP contribution in [0.25, 0.3) is 0 Å². The molecular weight excluding hydrogens is 381 g/mol. The Bertz CT molecular complexity index is 180. The summed E-state index contributed by atoms with van der Waals surface area (Å²) >= 11 is -1.98. The SMILES string of the molecule is O=[C](OCC(O)CO)[Bi]1[CH2]CCC[CH2]1. The molecule has 0 saturated carbocycles. The Hall–Kier alpha value is 0.273. The molecular formula is C9H17BiO4. The van der Waals surface area contributed by atoms with Gasteiger partial charge in [0.1, 0.15) is 0 Å². The van der Waals surface area contributed by atoms with Gasteiger partial charge in [0.2, 0.25) is 0 Å². The molecule has 1 aliphatic rings. The average Bonchev–Trinajstić information content (AvgIpc) is 2.26. The van der Waals surface area contributed by atoms with E-state index in [1.165, 1.54) is 19.3 Å². The summed E-state index contributed by atoms with van der Waals surface area (Å²) in [6.07, 6.45) is 2.69. The van der Waals surface area contributed by atoms with Gasteiger partial charge in [-0.2, -0.15) is 0 Å². The number of rotatable bonds is 4. The van der Waals surface area contributed by atoms with Crippen molar-refractivity contribution in [2.75, 3.05) is 13.2 Å². The van der Waals surface area contributed by atoms with Gasteiger partial charge in [-0.1, -0.05) is 0 Å². The minimum atomic E-state index is -1.98. The van der Waals surface area contributed by atoms with Gasteiger partial charge in [-0.15, -0.1) is 0 Å². The standard InChI is InChI=1S/C5H10.C4H7O4.Bi/c1-3-5-4-2;5-1-4(7)2-8-3-6;/h1-5H2;4-5,7H,1-2H2;. The normalized spacial score (nSPS) is 20.4. The summed E-state index contributed by atoms with van der Waals surface area (Å²) in [5.41, 5.74) is 0. The first kappa shape index (κ1) is 12.3. The second kappa shape index (κ2) is 6.70. The van der Waals surface area contributed by atoms with Crippen LogP contribution in [0.2, 0.25) is 8.26 Å². The number of aliphatic hydroxyl groups excluding tert-OH is 2. The maximum atomic E-state index is 11.5. The average molecular weight is 398 g/mol. The van der Waals surface area contributed by atoms with E-state index in [2.05, 4.69) is 0 Å². The molecule has 0 aliphatic carbocycles. The summed E-state index contributed by atoms with van der Waals surface area (Å²) in [5.74, 6) is 0. The molecule has 5 heteroatoms. The van der Waals surface area contributed by atoms with Crippen molar-refractivity contribution in [3.05, 3.63) is 0 Å². The fraction of sp³-hybridized carbons (Fsp3) is 0.889. The zero-order valence-corrected chi connectivity index (χ0v) is 11.7. The van der Waals surface area contributed by atoms with Crippen molar-refractivity contribution in [3.8, 4) is 0 Å². The third-order valence-electron chi connectivity index (χ3n) is 2.22. The fourth-order valence-corrected chi connectivity index (χ4v) is 9.38. The molecule has 1 saturated heterocycles. The molecule has 1 unspecified atom stereocenters. The van der Waals surface area contributed by atoms with Crippen molar-refractivity contribution in [1.29, 1.82) is 0 Å². The van der Waals surface area contributed by atoms with E-state index >= 15 is 0 Å². The van der Waals surface area contributed by atoms with E-state index in [0.717, 1.165) is 8.26 Å². The van der Waals surface area contributed by atoms with E-state index in [0.29, 0.717) is 0 Å². The third-order valence-corrected chi connectivity index (χ3v) is 11.4. The summed E-state index contributed by atoms with van der Waals surface area (Å²) in [6, 6.07) is 0. The van der Waals surface area contributed by atoms with Crippen molar-refractivity contribution in [2.24, 2.45) is 0 Å². The van der Waals surface area contributed by atoms with Gasteiger partial charge in [0.15, 0.2) is 0 Å². The number of hydrogen-bond acceptors (Lipinski definition) is 4. The summed E-state index contributed by atoms with van der Waals surface area (Å²) < 4.78 is 7.16. The Morgan fingerprint density at radius 1 is 1.36 bits per heavy atom. The van der Waals surface area contributed by atoms with E-state index in [9.17, 15) is 4.79 Å². The molecule has 0 amide bonds. The van der Waals surface area contributed by atoms with Gasteiger partial charge in [0.25, 0.3) is 0 Å². The van der Waals surface area contributed by atoms with Crippen LogP contribution in [-0.2, 0) is 4.74 Å². The monoisotopic (exact) mass is 398 g/mol. The van der Waals surface area contributed by atoms with Crippen LogP contribution in [0.1, 0.15) is 19.3 Å². The number of aliphatic hydroxyl groups is 2. The van der Waals surface area contributed by atoms with E-state index in [-0.39, 0.29) is 16.9 Å². The van der Waals surface area contributed by atoms with Crippen LogP contribution in [0.3, 0.4) is 0 Å². The number of carbonyl (C=O) groups excluding carboxylic acids is 1. The van der Waals surface area contributed by atoms with Gasteiger partial charge < -0.3 is 0 Å². The topological polar surface area (TPSA) is 66.8 Å². The zero-order chi connectivity index (χ0) is 10.4. The molecule has 82 valence electrons. The second-order valence-electron chi connectivity index (χ2n) is 3.46. The van der Waals surface area contributed by atoms with E-state index in [1.807, 2.05) is 0 Å². The van der Waals surface area contributed by atoms with Crippen molar-refractivity contribution in [1.82, 2.24) is 0 Å². The quantitative estimate of drug-likeness (QED) is 0.686. The third kappa shape index (κ3) is 4.20. The Morgan fingerprint density at radius 2 is 2.00 bits per heavy atom. The number of ether oxygens (including phenoxy) is 1. The molecule has 2 N–H and O–H groups in total. The van der Waals surface area contributed by atoms with Gasteiger partial charge in [-0.25, -0.2) is 0 Å². The fourth-order valence-electron chi connectivity index (χ4n) is 1.39. The Balaban J connectivity index is 2.19. The molecule has 0 aromatic heterocycles. The summed E-state index contributed by atoms with van der Waals surface area (Å²) in [7, 11) is 0. The number of carbonyl (C=O) groups is 1. The molecule has 0 aromatic rings. The van der Waals surface area contributed by atoms with Gasteiger partial charge >= 0.3 is 92.0 Å². The van der Waals surface area contributed by atoms with Gasteiger partial charge in [0.05, 0.1) is 0 Å². The Kier molecular flexibility index (Phi) is 5.91. The molecule has 1 heterocycles. The van der Waals surface area contributed by atoms with Gasteiger partial charge in [-0.3, -0.25) is 0 Å². The number of hydrogen-bond donors (Lipinski definition) is 2. The van der Waals surface area contributed by atoms with Crippen LogP contribution < -0.4 is 0 Å². The maximum absolute atomic E-state index is 11.5. The molecule has 0 radical (unpaired) electrons. The van der Waals surface area contributed by atoms with E-state index < -0.39 is 27.9 Å². The van der Waals surface area contributed by atoms with E-state index in [1.54, 1.807) is 0 Å². The van der Waals surface area contributed by atoms with Gasteiger partial charge in [-0.05, 0) is 0 Å². The zero-order valence-electron chi connectivity index (χ0n) is 8.19. The Labute approximate surface area is 91.9 Å². The molecule has 1 aliphatic heterocycles. The molecule has 0 bridgehead atoms. The molecule has 1 atom stereocenters. The summed E-state index contributed by atoms with van der Waals surface area (Å²) in [6.45, 7) is -0.381. The minimum absolute atomic E-state index is 0.0211. The van der Waals surface area contributed by atoms with E-state index in [4.69, 9.17) is 14.9 Å². The van der Waals surface area contributed by atoms with Crippen LogP contribution in [0.4, 0.5) is 4.79 Å². The first-order chi connectivity index (χ1) is 6.74. The molecule has 0 spiro atoms. The van der Waals surface area contributed by atoms with Crippen molar-refractivity contribution in [3.63, 3.8) is 0 Å². The van der Waals surface area contributed by atoms with Crippen molar-refractivity contribution < 1.29 is 19.7 Å². The molecule has 0 aromatic carbocycles. The Morgan fingerprint density at radius 3 is 2.57 bits per heavy atom. The first-order valence-corrected chi connectivity index (χ1v) is 11.6. The van der Waals surface area contributed by atoms with Gasteiger partial charge in [0, 0.05) is 0 Å². The molecule has 1 fully saturated rings. The predicted octanol–water partition coefficient (Wildman–Crippen LogP) is 0.737. The van der Waals surface area contributed by atoms with Crippen LogP contribution >= 0.6 is 0 Å². The van der Waals surface area contributed by atoms with Crippen molar-refractivity contribution in [2.45, 2.75) is 33.6 Å². The first-order valence-electron chi connectivity index (χ1n) is 4.94. The molecule has 1 rings (SSSR count). The molecule has 14 heavy (non-hydrogen) atoms. The van der Waals surface area contributed by atoms with Crippen LogP contribution in [0.5, 0.6) is 0 Å². The summed E-state index contributed by atoms with van der Waals surface area (Å²) in [4.78, 5) is 11.5. The van der Waals surface area contributed by atoms with Crippen LogP contribution in [0, 0.1) is 0 Å². The summed E-state index contributed by atoms with van der Waals surface area (Å²) in [5, 5.41) is 17.5. The van der Waals surface area contributed by atoms with Crippen LogP contribution in [0.15, 0.2) is 0 Å². The van der Waals surface area contributed by atoms with Crippen molar-refractivity contribution >= 4 is 25.4 Å². The second-order valence-corrected chi connectivity index (χ2v) is 12.6. The molecule has 4 nitrogen and oxygen atoms in total. The van der Waals surface area contributed by atoms with Crippen LogP contribution in [-0.4, -0.2) is 55.0 Å².